The second-order valence-electron chi connectivity index (χ2n) is 6.77. The predicted octanol–water partition coefficient (Wildman–Crippen LogP) is 2.68. The molecule has 0 spiro atoms. The molecule has 3 aromatic carbocycles. The van der Waals surface area contributed by atoms with Crippen molar-refractivity contribution in [2.45, 2.75) is 13.0 Å². The van der Waals surface area contributed by atoms with Crippen molar-refractivity contribution in [2.24, 2.45) is 9.98 Å². The number of hydrogen-bond donors (Lipinski definition) is 1. The van der Waals surface area contributed by atoms with Crippen molar-refractivity contribution >= 4 is 23.2 Å². The van der Waals surface area contributed by atoms with Gasteiger partial charge in [0.25, 0.3) is 17.5 Å². The predicted molar refractivity (Wildman–Crippen MR) is 109 cm³/mol. The highest BCUT2D eigenvalue weighted by atomic mass is 16.6. The first-order valence-corrected chi connectivity index (χ1v) is 9.15. The van der Waals surface area contributed by atoms with Crippen LogP contribution in [0.1, 0.15) is 27.5 Å². The minimum Gasteiger partial charge on any atom is -0.322 e. The van der Waals surface area contributed by atoms with Gasteiger partial charge in [0.15, 0.2) is 6.04 Å². The number of carbonyl (C=O) groups is 2. The fraction of sp³-hybridized carbons (Fsp3) is 0.0909. The van der Waals surface area contributed by atoms with E-state index >= 15 is 0 Å². The molecule has 0 saturated carbocycles. The van der Waals surface area contributed by atoms with E-state index < -0.39 is 22.8 Å². The summed E-state index contributed by atoms with van der Waals surface area (Å²) in [5.41, 5.74) is 1.36. The van der Waals surface area contributed by atoms with Gasteiger partial charge in [-0.05, 0) is 31.2 Å². The van der Waals surface area contributed by atoms with Crippen molar-refractivity contribution < 1.29 is 14.5 Å². The molecule has 1 aliphatic rings. The number of nitro groups is 1. The summed E-state index contributed by atoms with van der Waals surface area (Å²) in [6, 6.07) is 17.3. The summed E-state index contributed by atoms with van der Waals surface area (Å²) in [6.45, 7) is 1.60. The van der Waals surface area contributed by atoms with Gasteiger partial charge in [0, 0.05) is 28.4 Å². The first-order valence-electron chi connectivity index (χ1n) is 9.15. The summed E-state index contributed by atoms with van der Waals surface area (Å²) >= 11 is 0. The summed E-state index contributed by atoms with van der Waals surface area (Å²) in [5, 5.41) is 15.0. The third-order valence-corrected chi connectivity index (χ3v) is 4.79. The van der Waals surface area contributed by atoms with Crippen LogP contribution in [0.25, 0.3) is 0 Å². The molecule has 0 fully saturated rings. The normalized spacial score (nSPS) is 14.8. The van der Waals surface area contributed by atoms with Crippen molar-refractivity contribution in [3.63, 3.8) is 0 Å². The molecule has 0 saturated heterocycles. The lowest BCUT2D eigenvalue weighted by atomic mass is 10.0. The Morgan fingerprint density at radius 3 is 2.50 bits per heavy atom. The number of nitrogens with zero attached hydrogens (tertiary/aromatic N) is 3. The Balaban J connectivity index is 1.69. The molecular weight excluding hydrogens is 384 g/mol. The molecule has 1 aliphatic heterocycles. The number of fused-ring (bicyclic) bond motifs is 1. The maximum Gasteiger partial charge on any atom is 0.275 e. The Morgan fingerprint density at radius 1 is 1.03 bits per heavy atom. The Labute approximate surface area is 170 Å². The Kier molecular flexibility index (Phi) is 4.89. The molecule has 0 aliphatic carbocycles. The molecule has 0 radical (unpaired) electrons. The zero-order valence-corrected chi connectivity index (χ0v) is 15.9. The van der Waals surface area contributed by atoms with Crippen LogP contribution in [0.4, 0.5) is 11.4 Å². The quantitative estimate of drug-likeness (QED) is 0.536. The molecule has 8 nitrogen and oxygen atoms in total. The highest BCUT2D eigenvalue weighted by Gasteiger charge is 2.25. The first-order chi connectivity index (χ1) is 14.4. The van der Waals surface area contributed by atoms with Crippen LogP contribution in [0.15, 0.2) is 76.7 Å². The maximum atomic E-state index is 12.7. The summed E-state index contributed by atoms with van der Waals surface area (Å²) < 4.78 is 0. The minimum absolute atomic E-state index is 0.135. The molecule has 148 valence electrons. The molecule has 4 rings (SSSR count). The Bertz CT molecular complexity index is 1320. The molecule has 30 heavy (non-hydrogen) atoms. The van der Waals surface area contributed by atoms with E-state index in [0.717, 1.165) is 0 Å². The summed E-state index contributed by atoms with van der Waals surface area (Å²) in [4.78, 5) is 44.6. The molecule has 0 bridgehead atoms. The van der Waals surface area contributed by atoms with Gasteiger partial charge in [-0.3, -0.25) is 24.7 Å². The molecule has 2 amide bonds. The molecule has 3 aromatic rings. The maximum absolute atomic E-state index is 12.7. The topological polar surface area (TPSA) is 114 Å². The smallest absolute Gasteiger partial charge is 0.275 e. The summed E-state index contributed by atoms with van der Waals surface area (Å²) in [5.74, 6) is -0.951. The van der Waals surface area contributed by atoms with Gasteiger partial charge in [0.05, 0.1) is 15.6 Å². The van der Waals surface area contributed by atoms with Gasteiger partial charge in [-0.2, -0.15) is 0 Å². The van der Waals surface area contributed by atoms with Crippen molar-refractivity contribution in [3.8, 4) is 0 Å². The van der Waals surface area contributed by atoms with Crippen LogP contribution >= 0.6 is 0 Å². The largest absolute Gasteiger partial charge is 0.322 e. The van der Waals surface area contributed by atoms with E-state index in [9.17, 15) is 19.7 Å². The van der Waals surface area contributed by atoms with Gasteiger partial charge >= 0.3 is 0 Å². The number of para-hydroxylation sites is 3. The molecular formula is C22H16N4O4. The number of nitrogens with one attached hydrogen (secondary N) is 1. The fourth-order valence-corrected chi connectivity index (χ4v) is 3.24. The molecule has 0 aromatic heterocycles. The molecule has 1 atom stereocenters. The molecule has 8 heteroatoms. The van der Waals surface area contributed by atoms with Crippen LogP contribution in [0, 0.1) is 17.0 Å². The highest BCUT2D eigenvalue weighted by Crippen LogP contribution is 2.28. The summed E-state index contributed by atoms with van der Waals surface area (Å²) in [7, 11) is 0. The standard InChI is InChI=1S/C22H16N4O4/c1-13-10-11-14(12-19(13)26(29)30)21(27)24-16-7-3-2-6-15(16)20-22(28)25-18-9-5-4-8-17(18)23-20/h2-12,20H,1H3,(H,24,27). The van der Waals surface area contributed by atoms with Crippen molar-refractivity contribution in [2.75, 3.05) is 5.32 Å². The lowest BCUT2D eigenvalue weighted by Gasteiger charge is -2.17. The number of aryl methyl sites for hydroxylation is 1. The number of anilines is 1. The number of carbonyl (C=O) groups excluding carboxylic acids is 2. The zero-order chi connectivity index (χ0) is 21.3. The zero-order valence-electron chi connectivity index (χ0n) is 15.9. The van der Waals surface area contributed by atoms with E-state index in [1.54, 1.807) is 49.4 Å². The fourth-order valence-electron chi connectivity index (χ4n) is 3.24. The van der Waals surface area contributed by atoms with E-state index in [1.807, 2.05) is 6.07 Å². The number of hydrogen-bond acceptors (Lipinski definition) is 5. The minimum atomic E-state index is -0.885. The van der Waals surface area contributed by atoms with Crippen LogP contribution in [0.5, 0.6) is 0 Å². The second kappa shape index (κ2) is 7.67. The van der Waals surface area contributed by atoms with E-state index in [4.69, 9.17) is 0 Å². The number of rotatable bonds is 4. The van der Waals surface area contributed by atoms with Crippen molar-refractivity contribution in [1.29, 1.82) is 0 Å². The molecule has 1 heterocycles. The third kappa shape index (κ3) is 3.58. The van der Waals surface area contributed by atoms with Crippen molar-refractivity contribution in [3.05, 3.63) is 104 Å². The van der Waals surface area contributed by atoms with Crippen LogP contribution in [0.2, 0.25) is 0 Å². The van der Waals surface area contributed by atoms with Crippen LogP contribution in [-0.2, 0) is 4.79 Å². The van der Waals surface area contributed by atoms with Gasteiger partial charge in [0.1, 0.15) is 0 Å². The van der Waals surface area contributed by atoms with E-state index in [-0.39, 0.29) is 11.3 Å². The van der Waals surface area contributed by atoms with E-state index in [0.29, 0.717) is 27.5 Å². The van der Waals surface area contributed by atoms with E-state index in [2.05, 4.69) is 15.3 Å². The highest BCUT2D eigenvalue weighted by molar-refractivity contribution is 6.05. The van der Waals surface area contributed by atoms with Crippen LogP contribution in [-0.4, -0.2) is 16.7 Å². The van der Waals surface area contributed by atoms with Gasteiger partial charge in [-0.25, -0.2) is 4.99 Å². The number of amides is 2. The van der Waals surface area contributed by atoms with Gasteiger partial charge in [0.2, 0.25) is 0 Å². The Morgan fingerprint density at radius 2 is 1.73 bits per heavy atom. The van der Waals surface area contributed by atoms with Gasteiger partial charge in [-0.15, -0.1) is 0 Å². The number of benzene rings is 3. The molecule has 1 unspecified atom stereocenters. The van der Waals surface area contributed by atoms with Crippen LogP contribution < -0.4 is 16.0 Å². The van der Waals surface area contributed by atoms with Crippen molar-refractivity contribution in [1.82, 2.24) is 0 Å². The third-order valence-electron chi connectivity index (χ3n) is 4.79. The first kappa shape index (κ1) is 19.1. The average Bonchev–Trinajstić information content (AvgIpc) is 2.74. The lowest BCUT2D eigenvalue weighted by Crippen LogP contribution is -2.33. The number of nitro benzene ring substituents is 1. The second-order valence-corrected chi connectivity index (χ2v) is 6.77. The van der Waals surface area contributed by atoms with E-state index in [1.165, 1.54) is 18.2 Å². The van der Waals surface area contributed by atoms with Gasteiger partial charge in [-0.1, -0.05) is 36.4 Å². The lowest BCUT2D eigenvalue weighted by molar-refractivity contribution is -0.385. The Hall–Kier alpha value is -4.20. The van der Waals surface area contributed by atoms with Crippen LogP contribution in [0.3, 0.4) is 0 Å². The molecule has 1 N–H and O–H groups in total. The summed E-state index contributed by atoms with van der Waals surface area (Å²) in [6.07, 6.45) is 0. The SMILES string of the molecule is Cc1ccc(C(=O)Nc2ccccc2C2N=c3ccccc3=NC2=O)cc1[N+](=O)[O-]. The van der Waals surface area contributed by atoms with Gasteiger partial charge < -0.3 is 5.32 Å². The average molecular weight is 400 g/mol. The monoisotopic (exact) mass is 400 g/mol.